The highest BCUT2D eigenvalue weighted by Gasteiger charge is 2.38. The van der Waals surface area contributed by atoms with Crippen LogP contribution in [0.3, 0.4) is 0 Å². The highest BCUT2D eigenvalue weighted by atomic mass is 15.4. The molecule has 4 saturated carbocycles. The van der Waals surface area contributed by atoms with Crippen LogP contribution in [-0.4, -0.2) is 34.0 Å². The van der Waals surface area contributed by atoms with Gasteiger partial charge in [0.05, 0.1) is 5.82 Å². The van der Waals surface area contributed by atoms with Gasteiger partial charge < -0.3 is 9.80 Å². The van der Waals surface area contributed by atoms with Gasteiger partial charge in [0.25, 0.3) is 0 Å². The van der Waals surface area contributed by atoms with Crippen molar-refractivity contribution in [2.75, 3.05) is 0 Å². The summed E-state index contributed by atoms with van der Waals surface area (Å²) in [6.07, 6.45) is 22.8. The molecule has 4 fully saturated rings. The minimum Gasteiger partial charge on any atom is -0.353 e. The van der Waals surface area contributed by atoms with E-state index < -0.39 is 0 Å². The minimum absolute atomic E-state index is 0.797. The third-order valence-electron chi connectivity index (χ3n) is 7.47. The molecule has 4 aliphatic carbocycles. The van der Waals surface area contributed by atoms with Crippen molar-refractivity contribution in [3.05, 3.63) is 12.4 Å². The van der Waals surface area contributed by atoms with Gasteiger partial charge in [-0.25, -0.2) is 0 Å². The van der Waals surface area contributed by atoms with Gasteiger partial charge in [0.15, 0.2) is 0 Å². The van der Waals surface area contributed by atoms with Crippen LogP contribution in [0.4, 0.5) is 0 Å². The van der Waals surface area contributed by atoms with Crippen LogP contribution in [-0.2, 0) is 0 Å². The molecule has 0 aromatic rings. The lowest BCUT2D eigenvalue weighted by Crippen LogP contribution is -2.50. The zero-order valence-electron chi connectivity index (χ0n) is 15.7. The first-order chi connectivity index (χ1) is 11.8. The molecule has 0 saturated heterocycles. The van der Waals surface area contributed by atoms with Crippen LogP contribution in [0.25, 0.3) is 0 Å². The second-order valence-corrected chi connectivity index (χ2v) is 8.98. The predicted octanol–water partition coefficient (Wildman–Crippen LogP) is 5.83. The molecule has 2 nitrogen and oxygen atoms in total. The molecule has 0 aromatic heterocycles. The molecule has 0 aromatic carbocycles. The van der Waals surface area contributed by atoms with E-state index >= 15 is 0 Å². The smallest absolute Gasteiger partial charge is 0.0975 e. The summed E-state index contributed by atoms with van der Waals surface area (Å²) in [6.45, 7) is 4.79. The molecule has 4 rings (SSSR count). The molecule has 2 heteroatoms. The summed E-state index contributed by atoms with van der Waals surface area (Å²) in [6, 6.07) is 3.19. The summed E-state index contributed by atoms with van der Waals surface area (Å²) in [4.78, 5) is 5.74. The van der Waals surface area contributed by atoms with Gasteiger partial charge in [-0.2, -0.15) is 0 Å². The van der Waals surface area contributed by atoms with Gasteiger partial charge in [0, 0.05) is 24.2 Å². The molecule has 0 heterocycles. The second-order valence-electron chi connectivity index (χ2n) is 8.98. The quantitative estimate of drug-likeness (QED) is 0.604. The first kappa shape index (κ1) is 16.8. The zero-order chi connectivity index (χ0) is 16.4. The SMILES string of the molecule is C=C(N(C1CCCC1)C1CCCC1)N(C1CCCC1)C1CCCC1. The van der Waals surface area contributed by atoms with Gasteiger partial charge in [0.2, 0.25) is 0 Å². The topological polar surface area (TPSA) is 6.48 Å². The van der Waals surface area contributed by atoms with E-state index in [1.54, 1.807) is 0 Å². The monoisotopic (exact) mass is 330 g/mol. The summed E-state index contributed by atoms with van der Waals surface area (Å²) in [5.41, 5.74) is 0. The third-order valence-corrected chi connectivity index (χ3v) is 7.47. The highest BCUT2D eigenvalue weighted by Crippen LogP contribution is 2.40. The van der Waals surface area contributed by atoms with E-state index in [0.29, 0.717) is 0 Å². The first-order valence-corrected chi connectivity index (χ1v) is 11.1. The molecule has 0 atom stereocenters. The largest absolute Gasteiger partial charge is 0.353 e. The maximum absolute atomic E-state index is 4.79. The van der Waals surface area contributed by atoms with E-state index in [4.69, 9.17) is 6.58 Å². The van der Waals surface area contributed by atoms with Gasteiger partial charge >= 0.3 is 0 Å². The fourth-order valence-corrected chi connectivity index (χ4v) is 6.30. The highest BCUT2D eigenvalue weighted by molar-refractivity contribution is 5.07. The summed E-state index contributed by atoms with van der Waals surface area (Å²) in [5.74, 6) is 1.45. The lowest BCUT2D eigenvalue weighted by molar-refractivity contribution is 0.0735. The molecule has 0 bridgehead atoms. The standard InChI is InChI=1S/C22H38N2/c1-18(23(19-10-2-3-11-19)20-12-4-5-13-20)24(21-14-6-7-15-21)22-16-8-9-17-22/h19-22H,1-17H2. The van der Waals surface area contributed by atoms with E-state index in [1.165, 1.54) is 109 Å². The third kappa shape index (κ3) is 3.35. The van der Waals surface area contributed by atoms with Crippen molar-refractivity contribution in [2.45, 2.75) is 127 Å². The molecular weight excluding hydrogens is 292 g/mol. The minimum atomic E-state index is 0.797. The van der Waals surface area contributed by atoms with Crippen LogP contribution in [0.2, 0.25) is 0 Å². The molecule has 0 aliphatic heterocycles. The Morgan fingerprint density at radius 1 is 0.458 bits per heavy atom. The van der Waals surface area contributed by atoms with E-state index in [1.807, 2.05) is 0 Å². The Labute approximate surface area is 149 Å². The summed E-state index contributed by atoms with van der Waals surface area (Å²) in [7, 11) is 0. The zero-order valence-corrected chi connectivity index (χ0v) is 15.7. The van der Waals surface area contributed by atoms with Crippen molar-refractivity contribution in [3.8, 4) is 0 Å². The Morgan fingerprint density at radius 3 is 0.875 bits per heavy atom. The van der Waals surface area contributed by atoms with Crippen LogP contribution >= 0.6 is 0 Å². The van der Waals surface area contributed by atoms with Crippen LogP contribution in [0, 0.1) is 0 Å². The predicted molar refractivity (Wildman–Crippen MR) is 102 cm³/mol. The van der Waals surface area contributed by atoms with Gasteiger partial charge in [-0.1, -0.05) is 57.9 Å². The molecule has 0 unspecified atom stereocenters. The van der Waals surface area contributed by atoms with Crippen LogP contribution in [0.5, 0.6) is 0 Å². The van der Waals surface area contributed by atoms with Crippen molar-refractivity contribution in [1.82, 2.24) is 9.80 Å². The van der Waals surface area contributed by atoms with Gasteiger partial charge in [0.1, 0.15) is 0 Å². The molecule has 0 amide bonds. The molecule has 4 aliphatic rings. The molecule has 0 radical (unpaired) electrons. The number of rotatable bonds is 6. The van der Waals surface area contributed by atoms with Gasteiger partial charge in [-0.05, 0) is 51.4 Å². The maximum Gasteiger partial charge on any atom is 0.0975 e. The van der Waals surface area contributed by atoms with Crippen molar-refractivity contribution in [1.29, 1.82) is 0 Å². The van der Waals surface area contributed by atoms with E-state index in [2.05, 4.69) is 9.80 Å². The Balaban J connectivity index is 1.56. The fourth-order valence-electron chi connectivity index (χ4n) is 6.30. The van der Waals surface area contributed by atoms with Crippen LogP contribution < -0.4 is 0 Å². The van der Waals surface area contributed by atoms with Gasteiger partial charge in [-0.3, -0.25) is 0 Å². The molecular formula is C22H38N2. The molecule has 24 heavy (non-hydrogen) atoms. The normalized spacial score (nSPS) is 27.3. The summed E-state index contributed by atoms with van der Waals surface area (Å²) in [5, 5.41) is 0. The van der Waals surface area contributed by atoms with Gasteiger partial charge in [-0.15, -0.1) is 0 Å². The van der Waals surface area contributed by atoms with Crippen molar-refractivity contribution in [3.63, 3.8) is 0 Å². The lowest BCUT2D eigenvalue weighted by atomic mass is 10.1. The average Bonchev–Trinajstić information content (AvgIpc) is 3.38. The number of hydrogen-bond acceptors (Lipinski definition) is 2. The maximum atomic E-state index is 4.79. The summed E-state index contributed by atoms with van der Waals surface area (Å²) < 4.78 is 0. The van der Waals surface area contributed by atoms with E-state index in [-0.39, 0.29) is 0 Å². The van der Waals surface area contributed by atoms with E-state index in [9.17, 15) is 0 Å². The number of nitrogens with zero attached hydrogens (tertiary/aromatic N) is 2. The Hall–Kier alpha value is -0.660. The second kappa shape index (κ2) is 7.70. The van der Waals surface area contributed by atoms with Crippen molar-refractivity contribution in [2.24, 2.45) is 0 Å². The lowest BCUT2D eigenvalue weighted by Gasteiger charge is -2.47. The molecule has 0 N–H and O–H groups in total. The van der Waals surface area contributed by atoms with Crippen LogP contribution in [0.1, 0.15) is 103 Å². The summed E-state index contributed by atoms with van der Waals surface area (Å²) >= 11 is 0. The Morgan fingerprint density at radius 2 is 0.667 bits per heavy atom. The Bertz CT molecular complexity index is 338. The Kier molecular flexibility index (Phi) is 5.39. The molecule has 136 valence electrons. The van der Waals surface area contributed by atoms with Crippen LogP contribution in [0.15, 0.2) is 12.4 Å². The van der Waals surface area contributed by atoms with Crippen molar-refractivity contribution >= 4 is 0 Å². The molecule has 0 spiro atoms. The number of hydrogen-bond donors (Lipinski definition) is 0. The fraction of sp³-hybridized carbons (Fsp3) is 0.909. The van der Waals surface area contributed by atoms with Crippen molar-refractivity contribution < 1.29 is 0 Å². The van der Waals surface area contributed by atoms with E-state index in [0.717, 1.165) is 24.2 Å². The average molecular weight is 331 g/mol. The first-order valence-electron chi connectivity index (χ1n) is 11.1.